The Morgan fingerprint density at radius 2 is 2.17 bits per heavy atom. The lowest BCUT2D eigenvalue weighted by atomic mass is 10.1. The predicted molar refractivity (Wildman–Crippen MR) is 72.9 cm³/mol. The van der Waals surface area contributed by atoms with Crippen LogP contribution in [-0.2, 0) is 4.74 Å². The van der Waals surface area contributed by atoms with Crippen molar-refractivity contribution in [1.82, 2.24) is 0 Å². The Labute approximate surface area is 109 Å². The third-order valence-electron chi connectivity index (χ3n) is 3.70. The van der Waals surface area contributed by atoms with Crippen molar-refractivity contribution in [1.29, 1.82) is 0 Å². The van der Waals surface area contributed by atoms with Gasteiger partial charge in [0.2, 0.25) is 0 Å². The third kappa shape index (κ3) is 2.84. The van der Waals surface area contributed by atoms with Gasteiger partial charge >= 0.3 is 5.97 Å². The smallest absolute Gasteiger partial charge is 0.337 e. The Balaban J connectivity index is 2.08. The number of hydrogen-bond donors (Lipinski definition) is 1. The highest BCUT2D eigenvalue weighted by atomic mass is 16.5. The van der Waals surface area contributed by atoms with Crippen LogP contribution in [0.5, 0.6) is 0 Å². The molecule has 18 heavy (non-hydrogen) atoms. The molecule has 1 aliphatic carbocycles. The average Bonchev–Trinajstić information content (AvgIpc) is 2.76. The van der Waals surface area contributed by atoms with E-state index in [1.54, 1.807) is 0 Å². The molecule has 3 nitrogen and oxygen atoms in total. The van der Waals surface area contributed by atoms with Crippen LogP contribution in [0.1, 0.15) is 42.1 Å². The fourth-order valence-electron chi connectivity index (χ4n) is 2.63. The maximum atomic E-state index is 11.4. The molecule has 3 heteroatoms. The summed E-state index contributed by atoms with van der Waals surface area (Å²) in [6.45, 7) is 4.32. The van der Waals surface area contributed by atoms with Crippen LogP contribution in [0, 0.1) is 12.8 Å². The third-order valence-corrected chi connectivity index (χ3v) is 3.70. The van der Waals surface area contributed by atoms with E-state index in [2.05, 4.69) is 12.2 Å². The molecule has 1 aromatic carbocycles. The summed E-state index contributed by atoms with van der Waals surface area (Å²) in [6, 6.07) is 6.25. The van der Waals surface area contributed by atoms with E-state index < -0.39 is 0 Å². The molecule has 1 fully saturated rings. The van der Waals surface area contributed by atoms with Crippen molar-refractivity contribution in [2.45, 2.75) is 39.2 Å². The summed E-state index contributed by atoms with van der Waals surface area (Å²) in [5, 5.41) is 3.57. The minimum absolute atomic E-state index is 0.279. The lowest BCUT2D eigenvalue weighted by Gasteiger charge is -2.16. The van der Waals surface area contributed by atoms with Gasteiger partial charge in [-0.3, -0.25) is 0 Å². The van der Waals surface area contributed by atoms with Gasteiger partial charge in [-0.1, -0.05) is 6.92 Å². The normalized spacial score (nSPS) is 22.8. The molecule has 0 aromatic heterocycles. The lowest BCUT2D eigenvalue weighted by Crippen LogP contribution is -2.16. The first kappa shape index (κ1) is 12.9. The first-order chi connectivity index (χ1) is 8.60. The number of methoxy groups -OCH3 is 1. The van der Waals surface area contributed by atoms with Gasteiger partial charge in [0.05, 0.1) is 12.7 Å². The van der Waals surface area contributed by atoms with E-state index in [4.69, 9.17) is 4.74 Å². The number of nitrogens with one attached hydrogen (secondary N) is 1. The molecule has 2 unspecified atom stereocenters. The Bertz CT molecular complexity index is 442. The van der Waals surface area contributed by atoms with Gasteiger partial charge in [-0.25, -0.2) is 4.79 Å². The number of carbonyl (C=O) groups excluding carboxylic acids is 1. The minimum Gasteiger partial charge on any atom is -0.465 e. The topological polar surface area (TPSA) is 38.3 Å². The van der Waals surface area contributed by atoms with E-state index in [-0.39, 0.29) is 5.97 Å². The number of esters is 1. The summed E-state index contributed by atoms with van der Waals surface area (Å²) in [7, 11) is 1.41. The number of anilines is 1. The Hall–Kier alpha value is -1.51. The van der Waals surface area contributed by atoms with Crippen LogP contribution in [0.15, 0.2) is 18.2 Å². The summed E-state index contributed by atoms with van der Waals surface area (Å²) in [6.07, 6.45) is 3.77. The monoisotopic (exact) mass is 247 g/mol. The van der Waals surface area contributed by atoms with Crippen molar-refractivity contribution in [3.05, 3.63) is 29.3 Å². The van der Waals surface area contributed by atoms with Crippen LogP contribution < -0.4 is 5.32 Å². The van der Waals surface area contributed by atoms with E-state index in [0.717, 1.165) is 17.2 Å². The maximum absolute atomic E-state index is 11.4. The van der Waals surface area contributed by atoms with Crippen molar-refractivity contribution in [3.8, 4) is 0 Å². The molecule has 1 N–H and O–H groups in total. The van der Waals surface area contributed by atoms with Gasteiger partial charge in [0.15, 0.2) is 0 Å². The zero-order valence-corrected chi connectivity index (χ0v) is 11.3. The summed E-state index contributed by atoms with van der Waals surface area (Å²) >= 11 is 0. The molecule has 0 saturated heterocycles. The molecule has 0 bridgehead atoms. The molecule has 1 aromatic rings. The fraction of sp³-hybridized carbons (Fsp3) is 0.533. The van der Waals surface area contributed by atoms with Crippen molar-refractivity contribution in [2.75, 3.05) is 12.4 Å². The summed E-state index contributed by atoms with van der Waals surface area (Å²) in [5.41, 5.74) is 2.83. The van der Waals surface area contributed by atoms with Crippen molar-refractivity contribution in [2.24, 2.45) is 5.92 Å². The van der Waals surface area contributed by atoms with Crippen LogP contribution in [0.4, 0.5) is 5.69 Å². The highest BCUT2D eigenvalue weighted by Gasteiger charge is 2.21. The Morgan fingerprint density at radius 3 is 2.72 bits per heavy atom. The lowest BCUT2D eigenvalue weighted by molar-refractivity contribution is 0.0600. The molecular weight excluding hydrogens is 226 g/mol. The molecular formula is C15H21NO2. The van der Waals surface area contributed by atoms with E-state index in [1.165, 1.54) is 26.4 Å². The summed E-state index contributed by atoms with van der Waals surface area (Å²) in [5.74, 6) is 0.538. The predicted octanol–water partition coefficient (Wildman–Crippen LogP) is 3.38. The standard InChI is InChI=1S/C15H21NO2/c1-10-4-6-13(8-10)16-14-7-5-12(9-11(14)2)15(17)18-3/h5,7,9-10,13,16H,4,6,8H2,1-3H3. The molecule has 0 amide bonds. The van der Waals surface area contributed by atoms with E-state index in [0.29, 0.717) is 11.6 Å². The molecule has 98 valence electrons. The van der Waals surface area contributed by atoms with Crippen LogP contribution in [0.25, 0.3) is 0 Å². The average molecular weight is 247 g/mol. The van der Waals surface area contributed by atoms with Gasteiger partial charge in [-0.2, -0.15) is 0 Å². The van der Waals surface area contributed by atoms with E-state index >= 15 is 0 Å². The van der Waals surface area contributed by atoms with Crippen molar-refractivity contribution >= 4 is 11.7 Å². The van der Waals surface area contributed by atoms with E-state index in [1.807, 2.05) is 25.1 Å². The van der Waals surface area contributed by atoms with Gasteiger partial charge in [0, 0.05) is 11.7 Å². The number of carbonyl (C=O) groups is 1. The van der Waals surface area contributed by atoms with Crippen molar-refractivity contribution in [3.63, 3.8) is 0 Å². The molecule has 0 heterocycles. The fourth-order valence-corrected chi connectivity index (χ4v) is 2.63. The molecule has 2 rings (SSSR count). The van der Waals surface area contributed by atoms with Crippen LogP contribution in [-0.4, -0.2) is 19.1 Å². The number of ether oxygens (including phenoxy) is 1. The van der Waals surface area contributed by atoms with Crippen LogP contribution in [0.3, 0.4) is 0 Å². The largest absolute Gasteiger partial charge is 0.465 e. The van der Waals surface area contributed by atoms with Gasteiger partial charge < -0.3 is 10.1 Å². The van der Waals surface area contributed by atoms with Crippen LogP contribution in [0.2, 0.25) is 0 Å². The SMILES string of the molecule is COC(=O)c1ccc(NC2CCC(C)C2)c(C)c1. The van der Waals surface area contributed by atoms with E-state index in [9.17, 15) is 4.79 Å². The first-order valence-electron chi connectivity index (χ1n) is 6.55. The first-order valence-corrected chi connectivity index (χ1v) is 6.55. The molecule has 1 saturated carbocycles. The summed E-state index contributed by atoms with van der Waals surface area (Å²) in [4.78, 5) is 11.4. The number of rotatable bonds is 3. The highest BCUT2D eigenvalue weighted by Crippen LogP contribution is 2.28. The Morgan fingerprint density at radius 1 is 1.39 bits per heavy atom. The van der Waals surface area contributed by atoms with Gasteiger partial charge in [-0.15, -0.1) is 0 Å². The number of aryl methyl sites for hydroxylation is 1. The number of benzene rings is 1. The van der Waals surface area contributed by atoms with Gasteiger partial charge in [0.1, 0.15) is 0 Å². The molecule has 2 atom stereocenters. The van der Waals surface area contributed by atoms with Gasteiger partial charge in [-0.05, 0) is 55.9 Å². The number of hydrogen-bond acceptors (Lipinski definition) is 3. The maximum Gasteiger partial charge on any atom is 0.337 e. The molecule has 0 radical (unpaired) electrons. The molecule has 0 aliphatic heterocycles. The molecule has 1 aliphatic rings. The van der Waals surface area contributed by atoms with Crippen molar-refractivity contribution < 1.29 is 9.53 Å². The zero-order chi connectivity index (χ0) is 13.1. The summed E-state index contributed by atoms with van der Waals surface area (Å²) < 4.78 is 4.72. The molecule has 0 spiro atoms. The quantitative estimate of drug-likeness (QED) is 0.832. The second-order valence-electron chi connectivity index (χ2n) is 5.28. The highest BCUT2D eigenvalue weighted by molar-refractivity contribution is 5.90. The Kier molecular flexibility index (Phi) is 3.90. The van der Waals surface area contributed by atoms with Gasteiger partial charge in [0.25, 0.3) is 0 Å². The zero-order valence-electron chi connectivity index (χ0n) is 11.3. The second kappa shape index (κ2) is 5.42. The minimum atomic E-state index is -0.279. The van der Waals surface area contributed by atoms with Crippen LogP contribution >= 0.6 is 0 Å². The second-order valence-corrected chi connectivity index (χ2v) is 5.28.